The molecule has 1 aromatic heterocycles. The van der Waals surface area contributed by atoms with Gasteiger partial charge in [-0.25, -0.2) is 0 Å². The third kappa shape index (κ3) is 4.70. The number of carbonyl (C=O) groups excluding carboxylic acids is 1. The van der Waals surface area contributed by atoms with Gasteiger partial charge in [-0.2, -0.15) is 18.3 Å². The minimum absolute atomic E-state index is 0.147. The molecular weight excluding hydrogens is 297 g/mol. The first kappa shape index (κ1) is 16.9. The van der Waals surface area contributed by atoms with Gasteiger partial charge in [-0.15, -0.1) is 0 Å². The van der Waals surface area contributed by atoms with E-state index in [2.05, 4.69) is 20.3 Å². The van der Waals surface area contributed by atoms with Crippen molar-refractivity contribution in [3.05, 3.63) is 21.5 Å². The average Bonchev–Trinajstić information content (AvgIpc) is 2.79. The lowest BCUT2D eigenvalue weighted by Gasteiger charge is -2.15. The first-order valence-corrected chi connectivity index (χ1v) is 5.86. The molecule has 0 saturated carbocycles. The molecule has 0 saturated heterocycles. The van der Waals surface area contributed by atoms with E-state index in [4.69, 9.17) is 0 Å². The van der Waals surface area contributed by atoms with Crippen LogP contribution in [-0.4, -0.2) is 40.0 Å². The fraction of sp³-hybridized carbons (Fsp3) is 0.600. The maximum absolute atomic E-state index is 12.0. The van der Waals surface area contributed by atoms with Crippen LogP contribution in [0.4, 0.5) is 18.9 Å². The molecule has 118 valence electrons. The van der Waals surface area contributed by atoms with Crippen LogP contribution in [-0.2, 0) is 11.2 Å². The van der Waals surface area contributed by atoms with E-state index in [1.807, 2.05) is 0 Å². The largest absolute Gasteiger partial charge is 0.411 e. The van der Waals surface area contributed by atoms with Gasteiger partial charge in [-0.05, 0) is 13.3 Å². The van der Waals surface area contributed by atoms with Gasteiger partial charge in [0.05, 0.1) is 4.92 Å². The van der Waals surface area contributed by atoms with E-state index in [0.717, 1.165) is 0 Å². The van der Waals surface area contributed by atoms with Gasteiger partial charge in [0.25, 0.3) is 5.91 Å². The maximum atomic E-state index is 12.0. The first-order chi connectivity index (χ1) is 9.65. The number of carbonyl (C=O) groups is 1. The zero-order valence-electron chi connectivity index (χ0n) is 11.2. The number of ether oxygens (including phenoxy) is 1. The quantitative estimate of drug-likeness (QED) is 0.470. The van der Waals surface area contributed by atoms with Gasteiger partial charge in [-0.1, -0.05) is 6.92 Å². The van der Waals surface area contributed by atoms with Crippen LogP contribution in [0.25, 0.3) is 0 Å². The molecular formula is C10H13F3N4O4. The van der Waals surface area contributed by atoms with Crippen LogP contribution in [0.15, 0.2) is 0 Å². The molecule has 1 heterocycles. The highest BCUT2D eigenvalue weighted by Gasteiger charge is 2.31. The van der Waals surface area contributed by atoms with Crippen LogP contribution in [0.3, 0.4) is 0 Å². The number of aromatic amines is 1. The van der Waals surface area contributed by atoms with E-state index < -0.39 is 41.2 Å². The lowest BCUT2D eigenvalue weighted by Crippen LogP contribution is -2.37. The average molecular weight is 310 g/mol. The highest BCUT2D eigenvalue weighted by Crippen LogP contribution is 2.21. The second-order valence-electron chi connectivity index (χ2n) is 4.05. The van der Waals surface area contributed by atoms with E-state index in [1.54, 1.807) is 6.92 Å². The van der Waals surface area contributed by atoms with Crippen LogP contribution in [0.2, 0.25) is 0 Å². The maximum Gasteiger partial charge on any atom is 0.411 e. The van der Waals surface area contributed by atoms with Crippen molar-refractivity contribution in [2.45, 2.75) is 32.7 Å². The first-order valence-electron chi connectivity index (χ1n) is 5.86. The number of halogens is 3. The Morgan fingerprint density at radius 1 is 1.57 bits per heavy atom. The molecule has 0 radical (unpaired) electrons. The topological polar surface area (TPSA) is 110 Å². The van der Waals surface area contributed by atoms with Gasteiger partial charge >= 0.3 is 11.9 Å². The summed E-state index contributed by atoms with van der Waals surface area (Å²) in [5, 5.41) is 18.8. The lowest BCUT2D eigenvalue weighted by atomic mass is 10.2. The van der Waals surface area contributed by atoms with E-state index >= 15 is 0 Å². The minimum atomic E-state index is -4.54. The number of nitro groups is 1. The molecule has 0 fully saturated rings. The van der Waals surface area contributed by atoms with Gasteiger partial charge in [0.15, 0.2) is 0 Å². The van der Waals surface area contributed by atoms with E-state index in [-0.39, 0.29) is 12.1 Å². The van der Waals surface area contributed by atoms with Crippen LogP contribution in [0.5, 0.6) is 0 Å². The molecule has 2 N–H and O–H groups in total. The summed E-state index contributed by atoms with van der Waals surface area (Å²) in [6.07, 6.45) is -5.57. The van der Waals surface area contributed by atoms with Gasteiger partial charge in [0, 0.05) is 0 Å². The normalized spacial score (nSPS) is 13.0. The van der Waals surface area contributed by atoms with Crippen LogP contribution in [0, 0.1) is 10.1 Å². The van der Waals surface area contributed by atoms with Crippen molar-refractivity contribution in [2.24, 2.45) is 0 Å². The van der Waals surface area contributed by atoms with Crippen molar-refractivity contribution in [2.75, 3.05) is 6.61 Å². The second kappa shape index (κ2) is 6.52. The third-order valence-corrected chi connectivity index (χ3v) is 2.40. The summed E-state index contributed by atoms with van der Waals surface area (Å²) >= 11 is 0. The van der Waals surface area contributed by atoms with E-state index in [9.17, 15) is 28.1 Å². The Morgan fingerprint density at radius 2 is 2.19 bits per heavy atom. The van der Waals surface area contributed by atoms with Crippen molar-refractivity contribution in [1.29, 1.82) is 0 Å². The number of rotatable bonds is 6. The number of hydrogen-bond donors (Lipinski definition) is 2. The second-order valence-corrected chi connectivity index (χ2v) is 4.05. The van der Waals surface area contributed by atoms with Gasteiger partial charge < -0.3 is 10.1 Å². The Hall–Kier alpha value is -2.17. The molecule has 0 aromatic carbocycles. The van der Waals surface area contributed by atoms with Crippen molar-refractivity contribution in [3.8, 4) is 0 Å². The summed E-state index contributed by atoms with van der Waals surface area (Å²) in [7, 11) is 0. The fourth-order valence-electron chi connectivity index (χ4n) is 1.49. The fourth-order valence-corrected chi connectivity index (χ4v) is 1.49. The third-order valence-electron chi connectivity index (χ3n) is 2.40. The molecule has 0 aliphatic carbocycles. The van der Waals surface area contributed by atoms with Gasteiger partial charge in [-0.3, -0.25) is 20.0 Å². The zero-order valence-corrected chi connectivity index (χ0v) is 11.2. The Bertz CT molecular complexity index is 529. The molecule has 0 spiro atoms. The Kier molecular flexibility index (Phi) is 5.24. The van der Waals surface area contributed by atoms with Gasteiger partial charge in [0.1, 0.15) is 18.5 Å². The summed E-state index contributed by atoms with van der Waals surface area (Å²) in [4.78, 5) is 21.9. The molecule has 21 heavy (non-hydrogen) atoms. The van der Waals surface area contributed by atoms with Crippen LogP contribution in [0.1, 0.15) is 30.0 Å². The van der Waals surface area contributed by atoms with Crippen LogP contribution < -0.4 is 5.32 Å². The standard InChI is InChI=1S/C10H13F3N4O4/c1-3-6-8(17(19)20)7(16-15-6)9(18)14-5(2)21-4-10(11,12)13/h5H,3-4H2,1-2H3,(H,14,18)(H,15,16). The predicted octanol–water partition coefficient (Wildman–Crippen LogP) is 1.53. The molecule has 1 unspecified atom stereocenters. The number of alkyl halides is 3. The number of hydrogen-bond acceptors (Lipinski definition) is 5. The van der Waals surface area contributed by atoms with Crippen molar-refractivity contribution in [1.82, 2.24) is 15.5 Å². The number of aryl methyl sites for hydroxylation is 1. The smallest absolute Gasteiger partial charge is 0.349 e. The summed E-state index contributed by atoms with van der Waals surface area (Å²) in [5.41, 5.74) is -0.855. The van der Waals surface area contributed by atoms with Gasteiger partial charge in [0.2, 0.25) is 5.69 Å². The van der Waals surface area contributed by atoms with E-state index in [0.29, 0.717) is 0 Å². The highest BCUT2D eigenvalue weighted by atomic mass is 19.4. The molecule has 1 aromatic rings. The number of nitrogens with one attached hydrogen (secondary N) is 2. The molecule has 11 heteroatoms. The van der Waals surface area contributed by atoms with Crippen molar-refractivity contribution in [3.63, 3.8) is 0 Å². The Balaban J connectivity index is 2.76. The number of amides is 1. The molecule has 1 rings (SSSR count). The summed E-state index contributed by atoms with van der Waals surface area (Å²) in [6.45, 7) is 1.25. The lowest BCUT2D eigenvalue weighted by molar-refractivity contribution is -0.385. The molecule has 8 nitrogen and oxygen atoms in total. The summed E-state index contributed by atoms with van der Waals surface area (Å²) in [6, 6.07) is 0. The van der Waals surface area contributed by atoms with Crippen molar-refractivity contribution >= 4 is 11.6 Å². The number of nitrogens with zero attached hydrogens (tertiary/aromatic N) is 2. The highest BCUT2D eigenvalue weighted by molar-refractivity contribution is 5.96. The SMILES string of the molecule is CCc1[nH]nc(C(=O)NC(C)OCC(F)(F)F)c1[N+](=O)[O-]. The zero-order chi connectivity index (χ0) is 16.2. The predicted molar refractivity (Wildman–Crippen MR) is 63.6 cm³/mol. The summed E-state index contributed by atoms with van der Waals surface area (Å²) < 4.78 is 40.2. The Labute approximate surface area is 116 Å². The van der Waals surface area contributed by atoms with Crippen molar-refractivity contribution < 1.29 is 27.6 Å². The molecule has 0 aliphatic heterocycles. The summed E-state index contributed by atoms with van der Waals surface area (Å²) in [5.74, 6) is -0.993. The molecule has 0 bridgehead atoms. The minimum Gasteiger partial charge on any atom is -0.349 e. The Morgan fingerprint density at radius 3 is 2.67 bits per heavy atom. The van der Waals surface area contributed by atoms with E-state index in [1.165, 1.54) is 6.92 Å². The monoisotopic (exact) mass is 310 g/mol. The number of H-pyrrole nitrogens is 1. The molecule has 1 amide bonds. The number of aromatic nitrogens is 2. The van der Waals surface area contributed by atoms with Crippen LogP contribution >= 0.6 is 0 Å². The molecule has 0 aliphatic rings. The molecule has 1 atom stereocenters.